The van der Waals surface area contributed by atoms with Gasteiger partial charge in [0.1, 0.15) is 11.4 Å². The predicted octanol–water partition coefficient (Wildman–Crippen LogP) is 2.91. The van der Waals surface area contributed by atoms with E-state index in [1.165, 1.54) is 22.2 Å². The quantitative estimate of drug-likeness (QED) is 0.594. The molecule has 3 aromatic rings. The maximum absolute atomic E-state index is 13.1. The number of fused-ring (bicyclic) bond motifs is 1. The molecule has 1 aliphatic rings. The van der Waals surface area contributed by atoms with Crippen molar-refractivity contribution in [3.8, 4) is 10.4 Å². The van der Waals surface area contributed by atoms with Gasteiger partial charge in [0.05, 0.1) is 24.4 Å². The van der Waals surface area contributed by atoms with E-state index >= 15 is 0 Å². The van der Waals surface area contributed by atoms with Crippen molar-refractivity contribution in [1.29, 1.82) is 0 Å². The molecule has 0 bridgehead atoms. The topological polar surface area (TPSA) is 76.5 Å². The number of carbonyl (C=O) groups is 1. The maximum Gasteiger partial charge on any atom is 0.262 e. The molecule has 0 saturated carbocycles. The number of aromatic nitrogens is 2. The summed E-state index contributed by atoms with van der Waals surface area (Å²) < 4.78 is 7.18. The van der Waals surface area contributed by atoms with Crippen LogP contribution >= 0.6 is 11.3 Å². The van der Waals surface area contributed by atoms with E-state index in [1.807, 2.05) is 37.3 Å². The van der Waals surface area contributed by atoms with E-state index in [0.29, 0.717) is 29.3 Å². The van der Waals surface area contributed by atoms with Crippen molar-refractivity contribution in [2.75, 3.05) is 32.8 Å². The number of amides is 1. The zero-order chi connectivity index (χ0) is 22.7. The van der Waals surface area contributed by atoms with Crippen LogP contribution in [0, 0.1) is 12.8 Å². The largest absolute Gasteiger partial charge is 0.374 e. The molecule has 1 aliphatic heterocycles. The molecule has 1 unspecified atom stereocenters. The molecule has 170 valence electrons. The maximum atomic E-state index is 13.1. The average molecular weight is 455 g/mol. The van der Waals surface area contributed by atoms with Crippen molar-refractivity contribution in [3.05, 3.63) is 52.6 Å². The molecule has 7 nitrogen and oxygen atoms in total. The molecule has 3 heterocycles. The number of nitrogens with one attached hydrogen (secondary N) is 1. The molecule has 32 heavy (non-hydrogen) atoms. The Morgan fingerprint density at radius 3 is 2.84 bits per heavy atom. The van der Waals surface area contributed by atoms with Gasteiger partial charge >= 0.3 is 0 Å². The minimum Gasteiger partial charge on any atom is -0.374 e. The van der Waals surface area contributed by atoms with Gasteiger partial charge in [-0.15, -0.1) is 11.3 Å². The summed E-state index contributed by atoms with van der Waals surface area (Å²) in [5.41, 5.74) is 1.79. The van der Waals surface area contributed by atoms with Crippen LogP contribution in [0.25, 0.3) is 20.7 Å². The fraction of sp³-hybridized carbons (Fsp3) is 0.458. The molecule has 1 N–H and O–H groups in total. The first-order valence-corrected chi connectivity index (χ1v) is 11.9. The SMILES string of the molecule is Cc1c(-c2ccccc2)sc2ncn(CC(=O)NCC3CN(CC(C)C)CCO3)c(=O)c12. The zero-order valence-corrected chi connectivity index (χ0v) is 19.7. The highest BCUT2D eigenvalue weighted by Crippen LogP contribution is 2.35. The van der Waals surface area contributed by atoms with Gasteiger partial charge < -0.3 is 10.1 Å². The number of ether oxygens (including phenoxy) is 1. The Balaban J connectivity index is 1.43. The number of aryl methyl sites for hydroxylation is 1. The molecule has 1 saturated heterocycles. The Morgan fingerprint density at radius 2 is 2.09 bits per heavy atom. The molecular formula is C24H30N4O3S. The average Bonchev–Trinajstić information content (AvgIpc) is 3.12. The van der Waals surface area contributed by atoms with Gasteiger partial charge in [-0.3, -0.25) is 19.1 Å². The van der Waals surface area contributed by atoms with Gasteiger partial charge in [-0.25, -0.2) is 4.98 Å². The van der Waals surface area contributed by atoms with Crippen molar-refractivity contribution in [2.45, 2.75) is 33.4 Å². The molecule has 0 spiro atoms. The Morgan fingerprint density at radius 1 is 1.31 bits per heavy atom. The van der Waals surface area contributed by atoms with Crippen LogP contribution in [-0.2, 0) is 16.1 Å². The van der Waals surface area contributed by atoms with E-state index in [-0.39, 0.29) is 24.1 Å². The van der Waals surface area contributed by atoms with E-state index in [1.54, 1.807) is 0 Å². The van der Waals surface area contributed by atoms with Gasteiger partial charge in [-0.1, -0.05) is 44.2 Å². The summed E-state index contributed by atoms with van der Waals surface area (Å²) in [4.78, 5) is 34.2. The van der Waals surface area contributed by atoms with Crippen LogP contribution in [0.1, 0.15) is 19.4 Å². The highest BCUT2D eigenvalue weighted by Gasteiger charge is 2.22. The van der Waals surface area contributed by atoms with Gasteiger partial charge in [0.15, 0.2) is 0 Å². The van der Waals surface area contributed by atoms with Crippen molar-refractivity contribution >= 4 is 27.5 Å². The highest BCUT2D eigenvalue weighted by atomic mass is 32.1. The summed E-state index contributed by atoms with van der Waals surface area (Å²) in [6.45, 7) is 10.2. The summed E-state index contributed by atoms with van der Waals surface area (Å²) in [5, 5.41) is 3.51. The monoisotopic (exact) mass is 454 g/mol. The highest BCUT2D eigenvalue weighted by molar-refractivity contribution is 7.22. The Hall–Kier alpha value is -2.55. The van der Waals surface area contributed by atoms with Gasteiger partial charge in [-0.05, 0) is 24.0 Å². The van der Waals surface area contributed by atoms with Crippen molar-refractivity contribution in [1.82, 2.24) is 19.8 Å². The molecule has 0 radical (unpaired) electrons. The Labute approximate surface area is 192 Å². The molecule has 0 aliphatic carbocycles. The Bertz CT molecular complexity index is 1140. The van der Waals surface area contributed by atoms with E-state index in [0.717, 1.165) is 35.6 Å². The molecule has 1 fully saturated rings. The number of morpholine rings is 1. The van der Waals surface area contributed by atoms with Gasteiger partial charge in [-0.2, -0.15) is 0 Å². The molecular weight excluding hydrogens is 424 g/mol. The van der Waals surface area contributed by atoms with Crippen LogP contribution in [-0.4, -0.2) is 59.2 Å². The number of hydrogen-bond acceptors (Lipinski definition) is 6. The molecule has 2 aromatic heterocycles. The van der Waals surface area contributed by atoms with Crippen molar-refractivity contribution in [2.24, 2.45) is 5.92 Å². The summed E-state index contributed by atoms with van der Waals surface area (Å²) in [6, 6.07) is 9.98. The number of nitrogens with zero attached hydrogens (tertiary/aromatic N) is 3. The minimum atomic E-state index is -0.214. The number of rotatable bonds is 7. The van der Waals surface area contributed by atoms with Gasteiger partial charge in [0, 0.05) is 31.1 Å². The second kappa shape index (κ2) is 9.94. The number of thiophene rings is 1. The van der Waals surface area contributed by atoms with Gasteiger partial charge in [0.2, 0.25) is 5.91 Å². The third-order valence-electron chi connectivity index (χ3n) is 5.64. The van der Waals surface area contributed by atoms with Crippen molar-refractivity contribution in [3.63, 3.8) is 0 Å². The minimum absolute atomic E-state index is 0.0312. The number of carbonyl (C=O) groups excluding carboxylic acids is 1. The first kappa shape index (κ1) is 22.6. The summed E-state index contributed by atoms with van der Waals surface area (Å²) >= 11 is 1.51. The lowest BCUT2D eigenvalue weighted by molar-refractivity contribution is -0.123. The van der Waals surface area contributed by atoms with Crippen molar-refractivity contribution < 1.29 is 9.53 Å². The van der Waals surface area contributed by atoms with E-state index < -0.39 is 0 Å². The fourth-order valence-electron chi connectivity index (χ4n) is 4.16. The molecule has 4 rings (SSSR count). The van der Waals surface area contributed by atoms with E-state index in [2.05, 4.69) is 29.0 Å². The lowest BCUT2D eigenvalue weighted by Gasteiger charge is -2.33. The predicted molar refractivity (Wildman–Crippen MR) is 128 cm³/mol. The fourth-order valence-corrected chi connectivity index (χ4v) is 5.31. The molecule has 1 amide bonds. The summed E-state index contributed by atoms with van der Waals surface area (Å²) in [5.74, 6) is 0.384. The van der Waals surface area contributed by atoms with Gasteiger partial charge in [0.25, 0.3) is 5.56 Å². The third kappa shape index (κ3) is 5.09. The van der Waals surface area contributed by atoms with Crippen LogP contribution in [0.4, 0.5) is 0 Å². The number of benzene rings is 1. The summed E-state index contributed by atoms with van der Waals surface area (Å²) in [7, 11) is 0. The van der Waals surface area contributed by atoms with Crippen LogP contribution in [0.2, 0.25) is 0 Å². The second-order valence-corrected chi connectivity index (χ2v) is 9.73. The molecule has 1 atom stereocenters. The Kier molecular flexibility index (Phi) is 7.03. The zero-order valence-electron chi connectivity index (χ0n) is 18.8. The third-order valence-corrected chi connectivity index (χ3v) is 6.89. The molecule has 1 aromatic carbocycles. The summed E-state index contributed by atoms with van der Waals surface area (Å²) in [6.07, 6.45) is 1.44. The smallest absolute Gasteiger partial charge is 0.262 e. The van der Waals surface area contributed by atoms with Crippen LogP contribution in [0.3, 0.4) is 0 Å². The van der Waals surface area contributed by atoms with Crippen LogP contribution in [0.5, 0.6) is 0 Å². The van der Waals surface area contributed by atoms with Crippen LogP contribution < -0.4 is 10.9 Å². The van der Waals surface area contributed by atoms with E-state index in [4.69, 9.17) is 4.74 Å². The second-order valence-electron chi connectivity index (χ2n) is 8.73. The lowest BCUT2D eigenvalue weighted by atomic mass is 10.1. The lowest BCUT2D eigenvalue weighted by Crippen LogP contribution is -2.48. The normalized spacial score (nSPS) is 17.2. The van der Waals surface area contributed by atoms with E-state index in [9.17, 15) is 9.59 Å². The number of hydrogen-bond donors (Lipinski definition) is 1. The standard InChI is InChI=1S/C24H30N4O3S/c1-16(2)12-27-9-10-31-19(13-27)11-25-20(29)14-28-15-26-23-21(24(28)30)17(3)22(32-23)18-7-5-4-6-8-18/h4-8,15-16,19H,9-14H2,1-3H3,(H,25,29). The first-order chi connectivity index (χ1) is 15.4. The van der Waals surface area contributed by atoms with Crippen LogP contribution in [0.15, 0.2) is 41.5 Å². The first-order valence-electron chi connectivity index (χ1n) is 11.1. The molecule has 8 heteroatoms.